The molecule has 16 heavy (non-hydrogen) atoms. The Balaban J connectivity index is 2.92. The number of ketones is 1. The van der Waals surface area contributed by atoms with E-state index in [2.05, 4.69) is 9.89 Å². The van der Waals surface area contributed by atoms with Gasteiger partial charge in [0.25, 0.3) is 0 Å². The van der Waals surface area contributed by atoms with Gasteiger partial charge >= 0.3 is 5.97 Å². The van der Waals surface area contributed by atoms with Gasteiger partial charge in [0.2, 0.25) is 11.5 Å². The number of oxime groups is 1. The van der Waals surface area contributed by atoms with Crippen LogP contribution in [0.3, 0.4) is 0 Å². The summed E-state index contributed by atoms with van der Waals surface area (Å²) in [7, 11) is 0. The van der Waals surface area contributed by atoms with E-state index in [1.54, 1.807) is 25.1 Å². The quantitative estimate of drug-likeness (QED) is 0.207. The van der Waals surface area contributed by atoms with E-state index in [9.17, 15) is 9.59 Å². The van der Waals surface area contributed by atoms with Gasteiger partial charge in [-0.2, -0.15) is 0 Å². The van der Waals surface area contributed by atoms with Crippen molar-refractivity contribution in [2.24, 2.45) is 5.16 Å². The van der Waals surface area contributed by atoms with Gasteiger partial charge in [-0.05, 0) is 6.92 Å². The standard InChI is InChI=1S/C11H11NO4/c1-2-16-11(14)9(12-15)10(13)8-6-4-3-5-7-8/h3-7,15H,2H2,1H3/b12-9+. The van der Waals surface area contributed by atoms with Crippen LogP contribution in [0.2, 0.25) is 0 Å². The molecule has 0 aliphatic carbocycles. The molecular weight excluding hydrogens is 210 g/mol. The molecule has 5 nitrogen and oxygen atoms in total. The third-order valence-electron chi connectivity index (χ3n) is 1.82. The molecule has 1 N–H and O–H groups in total. The van der Waals surface area contributed by atoms with Crippen LogP contribution in [-0.4, -0.2) is 29.3 Å². The van der Waals surface area contributed by atoms with E-state index >= 15 is 0 Å². The predicted molar refractivity (Wildman–Crippen MR) is 56.6 cm³/mol. The molecule has 0 fully saturated rings. The Morgan fingerprint density at radius 3 is 2.44 bits per heavy atom. The largest absolute Gasteiger partial charge is 0.461 e. The van der Waals surface area contributed by atoms with Gasteiger partial charge in [-0.25, -0.2) is 4.79 Å². The van der Waals surface area contributed by atoms with E-state index in [1.165, 1.54) is 12.1 Å². The maximum absolute atomic E-state index is 11.7. The number of benzene rings is 1. The first kappa shape index (κ1) is 11.9. The summed E-state index contributed by atoms with van der Waals surface area (Å²) in [5.41, 5.74) is -0.351. The number of hydrogen-bond acceptors (Lipinski definition) is 5. The number of hydrogen-bond donors (Lipinski definition) is 1. The van der Waals surface area contributed by atoms with Gasteiger partial charge in [-0.15, -0.1) is 0 Å². The predicted octanol–water partition coefficient (Wildman–Crippen LogP) is 1.26. The summed E-state index contributed by atoms with van der Waals surface area (Å²) >= 11 is 0. The van der Waals surface area contributed by atoms with Crippen molar-refractivity contribution in [3.05, 3.63) is 35.9 Å². The molecule has 0 aliphatic heterocycles. The molecule has 1 rings (SSSR count). The maximum Gasteiger partial charge on any atom is 0.364 e. The Morgan fingerprint density at radius 2 is 1.94 bits per heavy atom. The maximum atomic E-state index is 11.7. The van der Waals surface area contributed by atoms with E-state index in [0.29, 0.717) is 0 Å². The highest BCUT2D eigenvalue weighted by atomic mass is 16.5. The van der Waals surface area contributed by atoms with Crippen LogP contribution in [0.15, 0.2) is 35.5 Å². The lowest BCUT2D eigenvalue weighted by atomic mass is 10.1. The van der Waals surface area contributed by atoms with Gasteiger partial charge in [0.1, 0.15) is 0 Å². The summed E-state index contributed by atoms with van der Waals surface area (Å²) in [4.78, 5) is 23.0. The van der Waals surface area contributed by atoms with Gasteiger partial charge < -0.3 is 9.94 Å². The number of carbonyl (C=O) groups excluding carboxylic acids is 2. The van der Waals surface area contributed by atoms with Crippen LogP contribution >= 0.6 is 0 Å². The fourth-order valence-electron chi connectivity index (χ4n) is 1.10. The molecule has 0 amide bonds. The molecule has 0 radical (unpaired) electrons. The zero-order valence-corrected chi connectivity index (χ0v) is 8.71. The van der Waals surface area contributed by atoms with Crippen molar-refractivity contribution in [2.45, 2.75) is 6.92 Å². The molecule has 5 heteroatoms. The van der Waals surface area contributed by atoms with E-state index in [0.717, 1.165) is 0 Å². The van der Waals surface area contributed by atoms with Crippen molar-refractivity contribution >= 4 is 17.5 Å². The van der Waals surface area contributed by atoms with Crippen LogP contribution in [-0.2, 0) is 9.53 Å². The van der Waals surface area contributed by atoms with Crippen molar-refractivity contribution in [1.29, 1.82) is 0 Å². The van der Waals surface area contributed by atoms with E-state index in [-0.39, 0.29) is 12.2 Å². The lowest BCUT2D eigenvalue weighted by Crippen LogP contribution is -2.26. The summed E-state index contributed by atoms with van der Waals surface area (Å²) in [6.07, 6.45) is 0. The number of Topliss-reactive ketones (excluding diaryl/α,β-unsaturated/α-hetero) is 1. The first-order valence-corrected chi connectivity index (χ1v) is 4.69. The van der Waals surface area contributed by atoms with Gasteiger partial charge in [0.15, 0.2) is 0 Å². The fraction of sp³-hybridized carbons (Fsp3) is 0.182. The van der Waals surface area contributed by atoms with Crippen LogP contribution in [0.25, 0.3) is 0 Å². The Bertz CT molecular complexity index is 411. The van der Waals surface area contributed by atoms with Crippen LogP contribution in [0, 0.1) is 0 Å². The van der Waals surface area contributed by atoms with Crippen molar-refractivity contribution in [3.63, 3.8) is 0 Å². The number of ether oxygens (including phenoxy) is 1. The zero-order chi connectivity index (χ0) is 12.0. The minimum Gasteiger partial charge on any atom is -0.461 e. The highest BCUT2D eigenvalue weighted by Gasteiger charge is 2.23. The molecule has 0 bridgehead atoms. The van der Waals surface area contributed by atoms with Crippen LogP contribution in [0.1, 0.15) is 17.3 Å². The van der Waals surface area contributed by atoms with E-state index in [4.69, 9.17) is 5.21 Å². The van der Waals surface area contributed by atoms with Crippen molar-refractivity contribution in [3.8, 4) is 0 Å². The summed E-state index contributed by atoms with van der Waals surface area (Å²) in [6.45, 7) is 1.71. The van der Waals surface area contributed by atoms with Gasteiger partial charge in [-0.1, -0.05) is 35.5 Å². The first-order valence-electron chi connectivity index (χ1n) is 4.69. The molecule has 84 valence electrons. The number of carbonyl (C=O) groups is 2. The molecule has 0 saturated heterocycles. The minimum absolute atomic E-state index is 0.111. The number of nitrogens with zero attached hydrogens (tertiary/aromatic N) is 1. The summed E-state index contributed by atoms with van der Waals surface area (Å²) in [5.74, 6) is -1.60. The van der Waals surface area contributed by atoms with Crippen molar-refractivity contribution in [1.82, 2.24) is 0 Å². The Kier molecular flexibility index (Phi) is 4.20. The van der Waals surface area contributed by atoms with Crippen molar-refractivity contribution < 1.29 is 19.5 Å². The third kappa shape index (κ3) is 2.66. The molecule has 0 unspecified atom stereocenters. The van der Waals surface area contributed by atoms with Gasteiger partial charge in [0.05, 0.1) is 6.61 Å². The Hall–Kier alpha value is -2.17. The lowest BCUT2D eigenvalue weighted by molar-refractivity contribution is -0.135. The smallest absolute Gasteiger partial charge is 0.364 e. The first-order chi connectivity index (χ1) is 7.70. The molecule has 0 heterocycles. The Morgan fingerprint density at radius 1 is 1.31 bits per heavy atom. The second-order valence-corrected chi connectivity index (χ2v) is 2.86. The highest BCUT2D eigenvalue weighted by Crippen LogP contribution is 2.02. The number of esters is 1. The van der Waals surface area contributed by atoms with E-state index in [1.807, 2.05) is 0 Å². The van der Waals surface area contributed by atoms with E-state index < -0.39 is 17.5 Å². The summed E-state index contributed by atoms with van der Waals surface area (Å²) in [5, 5.41) is 11.3. The molecule has 1 aromatic carbocycles. The normalized spacial score (nSPS) is 10.9. The van der Waals surface area contributed by atoms with Gasteiger partial charge in [0, 0.05) is 5.56 Å². The second kappa shape index (κ2) is 5.65. The van der Waals surface area contributed by atoms with Crippen LogP contribution in [0.5, 0.6) is 0 Å². The minimum atomic E-state index is -0.932. The summed E-state index contributed by atoms with van der Waals surface area (Å²) in [6, 6.07) is 8.07. The van der Waals surface area contributed by atoms with Crippen molar-refractivity contribution in [2.75, 3.05) is 6.61 Å². The third-order valence-corrected chi connectivity index (χ3v) is 1.82. The SMILES string of the molecule is CCOC(=O)/C(=N/O)C(=O)c1ccccc1. The zero-order valence-electron chi connectivity index (χ0n) is 8.71. The number of rotatable bonds is 4. The second-order valence-electron chi connectivity index (χ2n) is 2.86. The molecule has 0 aliphatic rings. The lowest BCUT2D eigenvalue weighted by Gasteiger charge is -2.02. The molecule has 0 spiro atoms. The Labute approximate surface area is 92.3 Å². The molecule has 0 atom stereocenters. The average Bonchev–Trinajstić information content (AvgIpc) is 2.31. The molecule has 1 aromatic rings. The van der Waals surface area contributed by atoms with Crippen LogP contribution in [0.4, 0.5) is 0 Å². The topological polar surface area (TPSA) is 76.0 Å². The molecule has 0 saturated carbocycles. The molecular formula is C11H11NO4. The average molecular weight is 221 g/mol. The fourth-order valence-corrected chi connectivity index (χ4v) is 1.10. The monoisotopic (exact) mass is 221 g/mol. The molecule has 0 aromatic heterocycles. The summed E-state index contributed by atoms with van der Waals surface area (Å²) < 4.78 is 4.59. The van der Waals surface area contributed by atoms with Gasteiger partial charge in [-0.3, -0.25) is 4.79 Å². The highest BCUT2D eigenvalue weighted by molar-refractivity contribution is 6.67. The van der Waals surface area contributed by atoms with Crippen LogP contribution < -0.4 is 0 Å².